The van der Waals surface area contributed by atoms with Crippen LogP contribution in [0.25, 0.3) is 11.2 Å². The molecule has 0 radical (unpaired) electrons. The topological polar surface area (TPSA) is 35.6 Å². The Hall–Kier alpha value is -1.03. The van der Waals surface area contributed by atoms with E-state index < -0.39 is 0 Å². The molecule has 0 spiro atoms. The van der Waals surface area contributed by atoms with Gasteiger partial charge in [0.15, 0.2) is 5.65 Å². The molecule has 0 aliphatic carbocycles. The van der Waals surface area contributed by atoms with Gasteiger partial charge in [0.2, 0.25) is 0 Å². The molecule has 0 aromatic carbocycles. The fraction of sp³-hybridized carbons (Fsp3) is 0.714. The number of alkyl halides is 1. The van der Waals surface area contributed by atoms with Crippen molar-refractivity contribution in [1.29, 1.82) is 0 Å². The maximum atomic E-state index is 6.07. The quantitative estimate of drug-likeness (QED) is 0.755. The molecular formula is C14H23ClN4. The van der Waals surface area contributed by atoms with Crippen LogP contribution in [0.3, 0.4) is 0 Å². The lowest BCUT2D eigenvalue weighted by Crippen LogP contribution is -2.11. The summed E-state index contributed by atoms with van der Waals surface area (Å²) in [6.07, 6.45) is 4.49. The number of aromatic nitrogens is 4. The molecule has 1 atom stereocenters. The van der Waals surface area contributed by atoms with Gasteiger partial charge in [0.25, 0.3) is 0 Å². The van der Waals surface area contributed by atoms with Crippen LogP contribution in [0.2, 0.25) is 0 Å². The molecule has 2 heterocycles. The summed E-state index contributed by atoms with van der Waals surface area (Å²) >= 11 is 6.07. The molecule has 19 heavy (non-hydrogen) atoms. The first-order valence-electron chi connectivity index (χ1n) is 7.12. The average molecular weight is 283 g/mol. The number of unbranched alkanes of at least 4 members (excludes halogenated alkanes) is 1. The number of rotatable bonds is 6. The third kappa shape index (κ3) is 2.50. The Morgan fingerprint density at radius 2 is 2.05 bits per heavy atom. The van der Waals surface area contributed by atoms with Gasteiger partial charge in [-0.2, -0.15) is 5.10 Å². The maximum Gasteiger partial charge on any atom is 0.158 e. The van der Waals surface area contributed by atoms with Gasteiger partial charge in [-0.15, -0.1) is 11.6 Å². The Balaban J connectivity index is 2.53. The van der Waals surface area contributed by atoms with Crippen LogP contribution >= 0.6 is 11.6 Å². The van der Waals surface area contributed by atoms with Gasteiger partial charge in [-0.25, -0.2) is 4.98 Å². The summed E-state index contributed by atoms with van der Waals surface area (Å²) in [5, 5.41) is 4.56. The molecule has 0 saturated heterocycles. The molecule has 0 aliphatic heterocycles. The third-order valence-corrected chi connectivity index (χ3v) is 3.92. The van der Waals surface area contributed by atoms with E-state index in [-0.39, 0.29) is 0 Å². The first kappa shape index (κ1) is 14.4. The molecule has 4 nitrogen and oxygen atoms in total. The smallest absolute Gasteiger partial charge is 0.158 e. The van der Waals surface area contributed by atoms with Crippen LogP contribution in [0.15, 0.2) is 0 Å². The summed E-state index contributed by atoms with van der Waals surface area (Å²) in [6, 6.07) is 0.416. The van der Waals surface area contributed by atoms with E-state index in [0.29, 0.717) is 11.9 Å². The molecule has 0 bridgehead atoms. The van der Waals surface area contributed by atoms with E-state index in [1.54, 1.807) is 0 Å². The Morgan fingerprint density at radius 1 is 1.32 bits per heavy atom. The van der Waals surface area contributed by atoms with Gasteiger partial charge < -0.3 is 4.57 Å². The summed E-state index contributed by atoms with van der Waals surface area (Å²) in [5.74, 6) is 1.41. The fourth-order valence-corrected chi connectivity index (χ4v) is 2.86. The van der Waals surface area contributed by atoms with Gasteiger partial charge in [0, 0.05) is 13.1 Å². The van der Waals surface area contributed by atoms with E-state index in [1.165, 1.54) is 12.8 Å². The number of hydrogen-bond donors (Lipinski definition) is 0. The first-order chi connectivity index (χ1) is 9.13. The van der Waals surface area contributed by atoms with Crippen LogP contribution in [0.4, 0.5) is 0 Å². The van der Waals surface area contributed by atoms with Crippen molar-refractivity contribution in [3.63, 3.8) is 0 Å². The van der Waals surface area contributed by atoms with Crippen molar-refractivity contribution in [2.75, 3.05) is 0 Å². The molecule has 2 rings (SSSR count). The minimum Gasteiger partial charge on any atom is -0.309 e. The Morgan fingerprint density at radius 3 is 2.63 bits per heavy atom. The van der Waals surface area contributed by atoms with Crippen LogP contribution in [-0.4, -0.2) is 19.3 Å². The van der Waals surface area contributed by atoms with Crippen LogP contribution in [-0.2, 0) is 19.3 Å². The summed E-state index contributed by atoms with van der Waals surface area (Å²) in [4.78, 5) is 4.70. The predicted octanol–water partition coefficient (Wildman–Crippen LogP) is 3.82. The van der Waals surface area contributed by atoms with Crippen LogP contribution < -0.4 is 0 Å². The van der Waals surface area contributed by atoms with E-state index in [0.717, 1.165) is 35.5 Å². The highest BCUT2D eigenvalue weighted by Crippen LogP contribution is 2.27. The van der Waals surface area contributed by atoms with Gasteiger partial charge in [-0.3, -0.25) is 4.68 Å². The van der Waals surface area contributed by atoms with Crippen LogP contribution in [0.5, 0.6) is 0 Å². The summed E-state index contributed by atoms with van der Waals surface area (Å²) in [6.45, 7) is 6.57. The van der Waals surface area contributed by atoms with Crippen LogP contribution in [0, 0.1) is 0 Å². The van der Waals surface area contributed by atoms with E-state index in [4.69, 9.17) is 16.6 Å². The molecule has 1 unspecified atom stereocenters. The number of fused-ring (bicyclic) bond motifs is 1. The van der Waals surface area contributed by atoms with Crippen molar-refractivity contribution < 1.29 is 0 Å². The largest absolute Gasteiger partial charge is 0.309 e. The molecule has 5 heteroatoms. The third-order valence-electron chi connectivity index (χ3n) is 3.68. The van der Waals surface area contributed by atoms with Gasteiger partial charge in [-0.1, -0.05) is 26.7 Å². The Bertz CT molecular complexity index is 555. The van der Waals surface area contributed by atoms with E-state index in [1.807, 2.05) is 11.7 Å². The molecule has 0 aliphatic rings. The van der Waals surface area contributed by atoms with Crippen molar-refractivity contribution in [2.45, 2.75) is 58.4 Å². The molecular weight excluding hydrogens is 260 g/mol. The van der Waals surface area contributed by atoms with Gasteiger partial charge in [0.05, 0.1) is 11.6 Å². The predicted molar refractivity (Wildman–Crippen MR) is 79.7 cm³/mol. The highest BCUT2D eigenvalue weighted by molar-refractivity contribution is 6.16. The van der Waals surface area contributed by atoms with Gasteiger partial charge in [-0.05, 0) is 19.8 Å². The molecule has 0 fully saturated rings. The molecule has 0 amide bonds. The number of nitrogens with zero attached hydrogens (tertiary/aromatic N) is 4. The van der Waals surface area contributed by atoms with Crippen molar-refractivity contribution in [3.8, 4) is 0 Å². The second-order valence-corrected chi connectivity index (χ2v) is 5.39. The van der Waals surface area contributed by atoms with Crippen molar-refractivity contribution in [1.82, 2.24) is 19.3 Å². The van der Waals surface area contributed by atoms with Crippen LogP contribution in [0.1, 0.15) is 57.6 Å². The molecule has 0 N–H and O–H groups in total. The molecule has 2 aromatic heterocycles. The number of imidazole rings is 1. The number of halogens is 1. The minimum atomic E-state index is 0.416. The normalized spacial score (nSPS) is 13.3. The molecule has 106 valence electrons. The second kappa shape index (κ2) is 5.95. The zero-order chi connectivity index (χ0) is 14.0. The SMILES string of the molecule is CCCCC(C)n1c(CCl)nc2c(CC)nn(C)c21. The van der Waals surface area contributed by atoms with Crippen molar-refractivity contribution in [2.24, 2.45) is 7.05 Å². The minimum absolute atomic E-state index is 0.416. The highest BCUT2D eigenvalue weighted by Gasteiger charge is 2.20. The van der Waals surface area contributed by atoms with Crippen molar-refractivity contribution in [3.05, 3.63) is 11.5 Å². The zero-order valence-corrected chi connectivity index (χ0v) is 13.0. The number of aryl methyl sites for hydroxylation is 2. The van der Waals surface area contributed by atoms with Crippen molar-refractivity contribution >= 4 is 22.8 Å². The van der Waals surface area contributed by atoms with Gasteiger partial charge >= 0.3 is 0 Å². The molecule has 2 aromatic rings. The monoisotopic (exact) mass is 282 g/mol. The standard InChI is InChI=1S/C14H23ClN4/c1-5-7-8-10(3)19-12(9-15)16-13-11(6-2)17-18(4)14(13)19/h10H,5-9H2,1-4H3. The lowest BCUT2D eigenvalue weighted by molar-refractivity contribution is 0.477. The average Bonchev–Trinajstić information content (AvgIpc) is 2.93. The van der Waals surface area contributed by atoms with Gasteiger partial charge in [0.1, 0.15) is 11.3 Å². The van der Waals surface area contributed by atoms with E-state index in [2.05, 4.69) is 30.4 Å². The van der Waals surface area contributed by atoms with E-state index >= 15 is 0 Å². The molecule has 0 saturated carbocycles. The first-order valence-corrected chi connectivity index (χ1v) is 7.66. The Labute approximate surface area is 119 Å². The fourth-order valence-electron chi connectivity index (χ4n) is 2.67. The maximum absolute atomic E-state index is 6.07. The lowest BCUT2D eigenvalue weighted by Gasteiger charge is -2.16. The zero-order valence-electron chi connectivity index (χ0n) is 12.3. The number of hydrogen-bond acceptors (Lipinski definition) is 2. The summed E-state index contributed by atoms with van der Waals surface area (Å²) in [5.41, 5.74) is 3.19. The highest BCUT2D eigenvalue weighted by atomic mass is 35.5. The summed E-state index contributed by atoms with van der Waals surface area (Å²) in [7, 11) is 1.99. The lowest BCUT2D eigenvalue weighted by atomic mass is 10.1. The second-order valence-electron chi connectivity index (χ2n) is 5.12. The summed E-state index contributed by atoms with van der Waals surface area (Å²) < 4.78 is 4.21. The van der Waals surface area contributed by atoms with E-state index in [9.17, 15) is 0 Å². The Kier molecular flexibility index (Phi) is 4.50.